The summed E-state index contributed by atoms with van der Waals surface area (Å²) in [6.45, 7) is 4.24. The molecule has 3 rings (SSSR count). The van der Waals surface area contributed by atoms with Gasteiger partial charge in [-0.2, -0.15) is 0 Å². The van der Waals surface area contributed by atoms with Crippen LogP contribution < -0.4 is 5.32 Å². The van der Waals surface area contributed by atoms with Gasteiger partial charge >= 0.3 is 0 Å². The molecule has 2 aromatic rings. The van der Waals surface area contributed by atoms with Crippen LogP contribution in [0.25, 0.3) is 11.5 Å². The molecule has 0 bridgehead atoms. The summed E-state index contributed by atoms with van der Waals surface area (Å²) in [6, 6.07) is 7.60. The summed E-state index contributed by atoms with van der Waals surface area (Å²) in [5, 5.41) is 3.97. The topological polar surface area (TPSA) is 41.3 Å². The van der Waals surface area contributed by atoms with Crippen LogP contribution in [-0.2, 0) is 6.54 Å². The lowest BCUT2D eigenvalue weighted by atomic mass is 9.97. The fourth-order valence-corrected chi connectivity index (χ4v) is 3.19. The standard InChI is InChI=1S/C17H22ClN3O.ClH/c1-19-10-13-5-7-21(8-6-13)11-16-12-22-17(20-16)14-3-2-4-15(18)9-14;/h2-4,9,12-13,19H,5-8,10-11H2,1H3;1H. The number of benzene rings is 1. The normalized spacial score (nSPS) is 16.3. The average molecular weight is 356 g/mol. The molecule has 0 atom stereocenters. The van der Waals surface area contributed by atoms with E-state index in [1.807, 2.05) is 31.3 Å². The van der Waals surface area contributed by atoms with Gasteiger partial charge in [-0.3, -0.25) is 4.90 Å². The summed E-state index contributed by atoms with van der Waals surface area (Å²) in [5.41, 5.74) is 1.91. The van der Waals surface area contributed by atoms with Crippen LogP contribution in [0.2, 0.25) is 5.02 Å². The molecule has 0 spiro atoms. The summed E-state index contributed by atoms with van der Waals surface area (Å²) < 4.78 is 5.60. The fraction of sp³-hybridized carbons (Fsp3) is 0.471. The van der Waals surface area contributed by atoms with Gasteiger partial charge in [-0.1, -0.05) is 17.7 Å². The third-order valence-electron chi connectivity index (χ3n) is 4.21. The molecule has 1 N–H and O–H groups in total. The monoisotopic (exact) mass is 355 g/mol. The number of hydrogen-bond acceptors (Lipinski definition) is 4. The van der Waals surface area contributed by atoms with Crippen LogP contribution in [-0.4, -0.2) is 36.6 Å². The molecule has 1 aliphatic rings. The first-order valence-electron chi connectivity index (χ1n) is 7.82. The van der Waals surface area contributed by atoms with Crippen molar-refractivity contribution in [1.29, 1.82) is 0 Å². The van der Waals surface area contributed by atoms with E-state index in [2.05, 4.69) is 15.2 Å². The Morgan fingerprint density at radius 2 is 2.13 bits per heavy atom. The fourth-order valence-electron chi connectivity index (χ4n) is 3.00. The van der Waals surface area contributed by atoms with E-state index in [4.69, 9.17) is 16.0 Å². The SMILES string of the molecule is CNCC1CCN(Cc2coc(-c3cccc(Cl)c3)n2)CC1.Cl. The van der Waals surface area contributed by atoms with Gasteiger partial charge in [0.15, 0.2) is 0 Å². The molecule has 0 amide bonds. The van der Waals surface area contributed by atoms with Crippen molar-refractivity contribution in [2.24, 2.45) is 5.92 Å². The third kappa shape index (κ3) is 4.95. The Morgan fingerprint density at radius 3 is 2.83 bits per heavy atom. The molecule has 1 saturated heterocycles. The number of likely N-dealkylation sites (tertiary alicyclic amines) is 1. The zero-order valence-electron chi connectivity index (χ0n) is 13.3. The van der Waals surface area contributed by atoms with Crippen LogP contribution >= 0.6 is 24.0 Å². The molecule has 1 fully saturated rings. The highest BCUT2D eigenvalue weighted by Gasteiger charge is 2.19. The lowest BCUT2D eigenvalue weighted by Gasteiger charge is -2.31. The van der Waals surface area contributed by atoms with Crippen molar-refractivity contribution in [2.45, 2.75) is 19.4 Å². The smallest absolute Gasteiger partial charge is 0.226 e. The zero-order valence-corrected chi connectivity index (χ0v) is 14.9. The summed E-state index contributed by atoms with van der Waals surface area (Å²) in [4.78, 5) is 7.04. The second-order valence-electron chi connectivity index (χ2n) is 5.93. The van der Waals surface area contributed by atoms with E-state index in [9.17, 15) is 0 Å². The molecule has 23 heavy (non-hydrogen) atoms. The van der Waals surface area contributed by atoms with Crippen molar-refractivity contribution >= 4 is 24.0 Å². The highest BCUT2D eigenvalue weighted by atomic mass is 35.5. The molecule has 2 heterocycles. The number of rotatable bonds is 5. The molecule has 1 aliphatic heterocycles. The molecular formula is C17H23Cl2N3O. The van der Waals surface area contributed by atoms with E-state index in [1.165, 1.54) is 12.8 Å². The first-order chi connectivity index (χ1) is 10.7. The zero-order chi connectivity index (χ0) is 15.4. The Morgan fingerprint density at radius 1 is 1.35 bits per heavy atom. The summed E-state index contributed by atoms with van der Waals surface area (Å²) in [6.07, 6.45) is 4.26. The Labute approximate surface area is 148 Å². The molecular weight excluding hydrogens is 333 g/mol. The Hall–Kier alpha value is -1.07. The highest BCUT2D eigenvalue weighted by Crippen LogP contribution is 2.23. The van der Waals surface area contributed by atoms with E-state index in [-0.39, 0.29) is 12.4 Å². The van der Waals surface area contributed by atoms with Gasteiger partial charge in [-0.15, -0.1) is 12.4 Å². The van der Waals surface area contributed by atoms with Gasteiger partial charge in [0.1, 0.15) is 6.26 Å². The van der Waals surface area contributed by atoms with Gasteiger partial charge in [-0.25, -0.2) is 4.98 Å². The van der Waals surface area contributed by atoms with Crippen LogP contribution in [0.4, 0.5) is 0 Å². The van der Waals surface area contributed by atoms with Gasteiger partial charge in [0.05, 0.1) is 5.69 Å². The second-order valence-corrected chi connectivity index (χ2v) is 6.37. The van der Waals surface area contributed by atoms with E-state index < -0.39 is 0 Å². The Balaban J connectivity index is 0.00000192. The van der Waals surface area contributed by atoms with Crippen LogP contribution in [0.1, 0.15) is 18.5 Å². The molecule has 0 saturated carbocycles. The number of nitrogens with zero attached hydrogens (tertiary/aromatic N) is 2. The number of nitrogens with one attached hydrogen (secondary N) is 1. The van der Waals surface area contributed by atoms with Crippen LogP contribution in [0.5, 0.6) is 0 Å². The molecule has 0 unspecified atom stereocenters. The maximum absolute atomic E-state index is 6.01. The Bertz CT molecular complexity index is 609. The minimum atomic E-state index is 0. The van der Waals surface area contributed by atoms with E-state index in [1.54, 1.807) is 6.26 Å². The molecule has 0 radical (unpaired) electrons. The first-order valence-corrected chi connectivity index (χ1v) is 8.19. The summed E-state index contributed by atoms with van der Waals surface area (Å²) >= 11 is 6.01. The number of piperidine rings is 1. The maximum Gasteiger partial charge on any atom is 0.226 e. The molecule has 6 heteroatoms. The van der Waals surface area contributed by atoms with Crippen molar-refractivity contribution in [3.05, 3.63) is 41.2 Å². The highest BCUT2D eigenvalue weighted by molar-refractivity contribution is 6.30. The number of oxazole rings is 1. The average Bonchev–Trinajstić information content (AvgIpc) is 2.98. The predicted molar refractivity (Wildman–Crippen MR) is 96.1 cm³/mol. The van der Waals surface area contributed by atoms with Gasteiger partial charge in [0.25, 0.3) is 0 Å². The van der Waals surface area contributed by atoms with E-state index in [0.29, 0.717) is 10.9 Å². The molecule has 0 aliphatic carbocycles. The minimum Gasteiger partial charge on any atom is -0.444 e. The predicted octanol–water partition coefficient (Wildman–Crippen LogP) is 3.85. The second kappa shape index (κ2) is 8.69. The van der Waals surface area contributed by atoms with Crippen molar-refractivity contribution in [2.75, 3.05) is 26.7 Å². The quantitative estimate of drug-likeness (QED) is 0.884. The molecule has 1 aromatic carbocycles. The van der Waals surface area contributed by atoms with Crippen LogP contribution in [0.3, 0.4) is 0 Å². The van der Waals surface area contributed by atoms with Crippen LogP contribution in [0.15, 0.2) is 34.9 Å². The third-order valence-corrected chi connectivity index (χ3v) is 4.44. The van der Waals surface area contributed by atoms with Gasteiger partial charge in [-0.05, 0) is 63.6 Å². The van der Waals surface area contributed by atoms with Crippen LogP contribution in [0, 0.1) is 5.92 Å². The molecule has 1 aromatic heterocycles. The molecule has 4 nitrogen and oxygen atoms in total. The number of aromatic nitrogens is 1. The summed E-state index contributed by atoms with van der Waals surface area (Å²) in [7, 11) is 2.03. The maximum atomic E-state index is 6.01. The largest absolute Gasteiger partial charge is 0.444 e. The van der Waals surface area contributed by atoms with E-state index in [0.717, 1.165) is 43.4 Å². The van der Waals surface area contributed by atoms with Crippen molar-refractivity contribution in [1.82, 2.24) is 15.2 Å². The van der Waals surface area contributed by atoms with Gasteiger partial charge in [0, 0.05) is 17.1 Å². The van der Waals surface area contributed by atoms with Crippen molar-refractivity contribution < 1.29 is 4.42 Å². The molecule has 126 valence electrons. The minimum absolute atomic E-state index is 0. The first kappa shape index (κ1) is 18.3. The van der Waals surface area contributed by atoms with Crippen molar-refractivity contribution in [3.8, 4) is 11.5 Å². The summed E-state index contributed by atoms with van der Waals surface area (Å²) in [5.74, 6) is 1.45. The lowest BCUT2D eigenvalue weighted by Crippen LogP contribution is -2.36. The lowest BCUT2D eigenvalue weighted by molar-refractivity contribution is 0.175. The van der Waals surface area contributed by atoms with E-state index >= 15 is 0 Å². The number of halogens is 2. The van der Waals surface area contributed by atoms with Crippen molar-refractivity contribution in [3.63, 3.8) is 0 Å². The Kier molecular flexibility index (Phi) is 6.90. The van der Waals surface area contributed by atoms with Gasteiger partial charge in [0.2, 0.25) is 5.89 Å². The number of hydrogen-bond donors (Lipinski definition) is 1. The van der Waals surface area contributed by atoms with Gasteiger partial charge < -0.3 is 9.73 Å².